The van der Waals surface area contributed by atoms with Gasteiger partial charge in [-0.25, -0.2) is 13.1 Å². The summed E-state index contributed by atoms with van der Waals surface area (Å²) in [7, 11) is -3.66. The topological polar surface area (TPSA) is 102 Å². The number of sulfonamides is 1. The number of esters is 1. The van der Waals surface area contributed by atoms with E-state index in [4.69, 9.17) is 4.74 Å². The summed E-state index contributed by atoms with van der Waals surface area (Å²) in [5, 5.41) is 3.99. The minimum Gasteiger partial charge on any atom is -0.453 e. The summed E-state index contributed by atoms with van der Waals surface area (Å²) < 4.78 is 31.3. The Bertz CT molecular complexity index is 785. The van der Waals surface area contributed by atoms with Gasteiger partial charge in [0.05, 0.1) is 6.42 Å². The van der Waals surface area contributed by atoms with E-state index >= 15 is 0 Å². The molecule has 0 radical (unpaired) electrons. The fourth-order valence-corrected chi connectivity index (χ4v) is 3.95. The Balaban J connectivity index is 1.70. The Morgan fingerprint density at radius 3 is 2.45 bits per heavy atom. The molecule has 1 fully saturated rings. The van der Waals surface area contributed by atoms with Gasteiger partial charge < -0.3 is 10.1 Å². The Morgan fingerprint density at radius 2 is 1.79 bits per heavy atom. The average molecular weight is 423 g/mol. The lowest BCUT2D eigenvalue weighted by Crippen LogP contribution is -2.42. The first-order chi connectivity index (χ1) is 13.9. The predicted molar refractivity (Wildman–Crippen MR) is 112 cm³/mol. The third-order valence-corrected chi connectivity index (χ3v) is 5.85. The van der Waals surface area contributed by atoms with Gasteiger partial charge in [-0.3, -0.25) is 9.59 Å². The number of benzene rings is 1. The summed E-state index contributed by atoms with van der Waals surface area (Å²) in [4.78, 5) is 24.1. The smallest absolute Gasteiger partial charge is 0.307 e. The first kappa shape index (κ1) is 23.1. The Kier molecular flexibility index (Phi) is 9.34. The molecule has 0 saturated heterocycles. The van der Waals surface area contributed by atoms with Crippen molar-refractivity contribution in [3.63, 3.8) is 0 Å². The normalized spacial score (nSPS) is 16.9. The molecular formula is C21H30N2O5S. The minimum absolute atomic E-state index is 0.0999. The predicted octanol–water partition coefficient (Wildman–Crippen LogP) is 2.74. The monoisotopic (exact) mass is 422 g/mol. The zero-order valence-corrected chi connectivity index (χ0v) is 17.6. The minimum atomic E-state index is -3.66. The molecule has 2 N–H and O–H groups in total. The van der Waals surface area contributed by atoms with Crippen LogP contribution >= 0.6 is 0 Å². The molecule has 8 heteroatoms. The standard InChI is InChI=1S/C21H30N2O5S/c1-17(21(25)23-19-11-7-2-3-8-12-19)28-20(24)13-15-22-29(26,27)16-14-18-9-5-4-6-10-18/h4-6,9-10,14,16-17,19,22H,2-3,7-8,11-13,15H2,1H3,(H,23,25)/b16-14+/t17-/m1/s1. The number of nitrogens with one attached hydrogen (secondary N) is 2. The summed E-state index contributed by atoms with van der Waals surface area (Å²) in [6.45, 7) is 1.42. The lowest BCUT2D eigenvalue weighted by molar-refractivity contribution is -0.154. The number of carbonyl (C=O) groups is 2. The molecule has 1 aromatic rings. The molecule has 7 nitrogen and oxygen atoms in total. The van der Waals surface area contributed by atoms with Crippen LogP contribution in [0.15, 0.2) is 35.7 Å². The molecule has 2 rings (SSSR count). The van der Waals surface area contributed by atoms with Gasteiger partial charge in [-0.05, 0) is 31.4 Å². The second-order valence-corrected chi connectivity index (χ2v) is 8.88. The second-order valence-electron chi connectivity index (χ2n) is 7.23. The van der Waals surface area contributed by atoms with E-state index < -0.39 is 22.1 Å². The molecular weight excluding hydrogens is 392 g/mol. The van der Waals surface area contributed by atoms with E-state index in [1.54, 1.807) is 12.1 Å². The van der Waals surface area contributed by atoms with Crippen LogP contribution < -0.4 is 10.0 Å². The van der Waals surface area contributed by atoms with Gasteiger partial charge in [0.15, 0.2) is 6.10 Å². The van der Waals surface area contributed by atoms with Crippen LogP contribution in [0.1, 0.15) is 57.4 Å². The van der Waals surface area contributed by atoms with Crippen LogP contribution in [0, 0.1) is 0 Å². The van der Waals surface area contributed by atoms with E-state index in [0.29, 0.717) is 0 Å². The number of hydrogen-bond donors (Lipinski definition) is 2. The SMILES string of the molecule is C[C@@H](OC(=O)CCNS(=O)(=O)/C=C/c1ccccc1)C(=O)NC1CCCCCC1. The maximum atomic E-state index is 12.2. The number of rotatable bonds is 9. The summed E-state index contributed by atoms with van der Waals surface area (Å²) in [5.41, 5.74) is 0.755. The van der Waals surface area contributed by atoms with Gasteiger partial charge in [-0.1, -0.05) is 56.0 Å². The molecule has 1 aliphatic rings. The van der Waals surface area contributed by atoms with Crippen molar-refractivity contribution in [2.45, 2.75) is 64.0 Å². The lowest BCUT2D eigenvalue weighted by atomic mass is 10.1. The summed E-state index contributed by atoms with van der Waals surface area (Å²) in [6.07, 6.45) is 6.88. The molecule has 0 unspecified atom stereocenters. The van der Waals surface area contributed by atoms with Crippen molar-refractivity contribution in [2.75, 3.05) is 6.54 Å². The van der Waals surface area contributed by atoms with Crippen LogP contribution in [-0.4, -0.2) is 39.0 Å². The van der Waals surface area contributed by atoms with Crippen molar-refractivity contribution in [1.29, 1.82) is 0 Å². The van der Waals surface area contributed by atoms with E-state index in [9.17, 15) is 18.0 Å². The van der Waals surface area contributed by atoms with Gasteiger partial charge in [-0.15, -0.1) is 0 Å². The molecule has 1 aliphatic carbocycles. The molecule has 0 aromatic heterocycles. The molecule has 160 valence electrons. The summed E-state index contributed by atoms with van der Waals surface area (Å²) in [6, 6.07) is 9.16. The van der Waals surface area contributed by atoms with Crippen molar-refractivity contribution in [3.05, 3.63) is 41.3 Å². The molecule has 1 saturated carbocycles. The fourth-order valence-electron chi connectivity index (χ4n) is 3.13. The average Bonchev–Trinajstić information content (AvgIpc) is 2.95. The zero-order valence-electron chi connectivity index (χ0n) is 16.8. The maximum Gasteiger partial charge on any atom is 0.307 e. The largest absolute Gasteiger partial charge is 0.453 e. The molecule has 1 aromatic carbocycles. The number of ether oxygens (including phenoxy) is 1. The van der Waals surface area contributed by atoms with Gasteiger partial charge in [0, 0.05) is 18.0 Å². The van der Waals surface area contributed by atoms with E-state index in [2.05, 4.69) is 10.0 Å². The molecule has 1 amide bonds. The van der Waals surface area contributed by atoms with Crippen molar-refractivity contribution in [1.82, 2.24) is 10.0 Å². The Morgan fingerprint density at radius 1 is 1.14 bits per heavy atom. The van der Waals surface area contributed by atoms with Gasteiger partial charge in [0.2, 0.25) is 10.0 Å². The van der Waals surface area contributed by atoms with E-state index in [1.807, 2.05) is 18.2 Å². The van der Waals surface area contributed by atoms with Crippen LogP contribution in [0.2, 0.25) is 0 Å². The fraction of sp³-hybridized carbons (Fsp3) is 0.524. The van der Waals surface area contributed by atoms with E-state index in [-0.39, 0.29) is 24.9 Å². The van der Waals surface area contributed by atoms with E-state index in [1.165, 1.54) is 25.8 Å². The first-order valence-electron chi connectivity index (χ1n) is 10.1. The first-order valence-corrected chi connectivity index (χ1v) is 11.6. The third kappa shape index (κ3) is 9.23. The number of amides is 1. The van der Waals surface area contributed by atoms with Crippen LogP contribution in [-0.2, 0) is 24.3 Å². The van der Waals surface area contributed by atoms with Gasteiger partial charge >= 0.3 is 5.97 Å². The lowest BCUT2D eigenvalue weighted by Gasteiger charge is -2.19. The molecule has 29 heavy (non-hydrogen) atoms. The summed E-state index contributed by atoms with van der Waals surface area (Å²) in [5.74, 6) is -0.931. The Hall–Kier alpha value is -2.19. The highest BCUT2D eigenvalue weighted by molar-refractivity contribution is 7.92. The van der Waals surface area contributed by atoms with Gasteiger partial charge in [0.25, 0.3) is 5.91 Å². The molecule has 0 heterocycles. The van der Waals surface area contributed by atoms with Crippen molar-refractivity contribution >= 4 is 28.0 Å². The van der Waals surface area contributed by atoms with Crippen molar-refractivity contribution < 1.29 is 22.7 Å². The van der Waals surface area contributed by atoms with Gasteiger partial charge in [-0.2, -0.15) is 0 Å². The molecule has 0 spiro atoms. The third-order valence-electron chi connectivity index (χ3n) is 4.75. The highest BCUT2D eigenvalue weighted by Crippen LogP contribution is 2.17. The number of hydrogen-bond acceptors (Lipinski definition) is 5. The van der Waals surface area contributed by atoms with Crippen molar-refractivity contribution in [2.24, 2.45) is 0 Å². The zero-order chi connectivity index (χ0) is 21.1. The van der Waals surface area contributed by atoms with Gasteiger partial charge in [0.1, 0.15) is 0 Å². The van der Waals surface area contributed by atoms with Crippen molar-refractivity contribution in [3.8, 4) is 0 Å². The second kappa shape index (κ2) is 11.7. The molecule has 0 bridgehead atoms. The van der Waals surface area contributed by atoms with Crippen LogP contribution in [0.5, 0.6) is 0 Å². The van der Waals surface area contributed by atoms with Crippen LogP contribution in [0.25, 0.3) is 6.08 Å². The van der Waals surface area contributed by atoms with Crippen LogP contribution in [0.3, 0.4) is 0 Å². The quantitative estimate of drug-likeness (QED) is 0.471. The Labute approximate surface area is 173 Å². The maximum absolute atomic E-state index is 12.2. The highest BCUT2D eigenvalue weighted by Gasteiger charge is 2.21. The molecule has 1 atom stereocenters. The summed E-state index contributed by atoms with van der Waals surface area (Å²) >= 11 is 0. The van der Waals surface area contributed by atoms with E-state index in [0.717, 1.165) is 36.7 Å². The molecule has 0 aliphatic heterocycles. The number of carbonyl (C=O) groups excluding carboxylic acids is 2. The van der Waals surface area contributed by atoms with Crippen LogP contribution in [0.4, 0.5) is 0 Å². The highest BCUT2D eigenvalue weighted by atomic mass is 32.2.